The van der Waals surface area contributed by atoms with Gasteiger partial charge in [-0.15, -0.1) is 0 Å². The molecule has 0 radical (unpaired) electrons. The van der Waals surface area contributed by atoms with E-state index in [-0.39, 0.29) is 11.2 Å². The van der Waals surface area contributed by atoms with E-state index in [0.29, 0.717) is 11.3 Å². The molecule has 0 saturated carbocycles. The van der Waals surface area contributed by atoms with E-state index in [1.54, 1.807) is 4.57 Å². The van der Waals surface area contributed by atoms with E-state index in [1.165, 1.54) is 4.57 Å². The molecule has 124 valence electrons. The summed E-state index contributed by atoms with van der Waals surface area (Å²) in [5, 5.41) is 0. The van der Waals surface area contributed by atoms with Gasteiger partial charge in [0, 0.05) is 16.8 Å². The van der Waals surface area contributed by atoms with Gasteiger partial charge in [0.15, 0.2) is 0 Å². The molecule has 0 atom stereocenters. The average molecular weight is 314 g/mol. The number of nitrogens with zero attached hydrogens (tertiary/aromatic N) is 2. The number of rotatable bonds is 1. The minimum absolute atomic E-state index is 0.230. The predicted molar refractivity (Wildman–Crippen MR) is 95.1 cm³/mol. The second-order valence-corrected chi connectivity index (χ2v) is 7.93. The summed E-state index contributed by atoms with van der Waals surface area (Å²) in [7, 11) is 0. The van der Waals surface area contributed by atoms with Gasteiger partial charge in [-0.3, -0.25) is 13.9 Å². The van der Waals surface area contributed by atoms with Gasteiger partial charge in [-0.1, -0.05) is 30.3 Å². The highest BCUT2D eigenvalue weighted by atomic mass is 16.2. The Labute approximate surface area is 137 Å². The fourth-order valence-electron chi connectivity index (χ4n) is 3.03. The molecule has 2 aromatic rings. The van der Waals surface area contributed by atoms with E-state index in [2.05, 4.69) is 0 Å². The number of hydrogen-bond acceptors (Lipinski definition) is 2. The molecule has 0 amide bonds. The highest BCUT2D eigenvalue weighted by Gasteiger charge is 2.28. The van der Waals surface area contributed by atoms with Gasteiger partial charge in [-0.25, -0.2) is 4.79 Å². The molecule has 1 aromatic carbocycles. The lowest BCUT2D eigenvalue weighted by Gasteiger charge is -2.31. The van der Waals surface area contributed by atoms with Crippen molar-refractivity contribution in [2.75, 3.05) is 0 Å². The van der Waals surface area contributed by atoms with Gasteiger partial charge in [0.25, 0.3) is 5.56 Å². The third-order valence-corrected chi connectivity index (χ3v) is 3.90. The third kappa shape index (κ3) is 3.03. The van der Waals surface area contributed by atoms with Gasteiger partial charge in [-0.05, 0) is 54.0 Å². The monoisotopic (exact) mass is 314 g/mol. The Bertz CT molecular complexity index is 829. The Morgan fingerprint density at radius 1 is 0.783 bits per heavy atom. The fourth-order valence-corrected chi connectivity index (χ4v) is 3.03. The molecule has 0 N–H and O–H groups in total. The summed E-state index contributed by atoms with van der Waals surface area (Å²) in [6.07, 6.45) is 0. The average Bonchev–Trinajstić information content (AvgIpc) is 2.35. The van der Waals surface area contributed by atoms with Crippen LogP contribution in [0.25, 0.3) is 11.1 Å². The van der Waals surface area contributed by atoms with Crippen molar-refractivity contribution in [2.24, 2.45) is 0 Å². The van der Waals surface area contributed by atoms with Gasteiger partial charge in [0.2, 0.25) is 0 Å². The zero-order valence-corrected chi connectivity index (χ0v) is 15.1. The molecule has 4 heteroatoms. The molecular weight excluding hydrogens is 288 g/mol. The first-order valence-electron chi connectivity index (χ1n) is 7.91. The Morgan fingerprint density at radius 3 is 1.70 bits per heavy atom. The van der Waals surface area contributed by atoms with E-state index < -0.39 is 11.1 Å². The van der Waals surface area contributed by atoms with Crippen LogP contribution in [0.3, 0.4) is 0 Å². The lowest BCUT2D eigenvalue weighted by Crippen LogP contribution is -2.52. The van der Waals surface area contributed by atoms with Gasteiger partial charge < -0.3 is 0 Å². The van der Waals surface area contributed by atoms with Crippen LogP contribution in [0.2, 0.25) is 0 Å². The van der Waals surface area contributed by atoms with Crippen LogP contribution in [-0.4, -0.2) is 9.13 Å². The highest BCUT2D eigenvalue weighted by Crippen LogP contribution is 2.23. The standard InChI is InChI=1S/C19H26N2O2/c1-13-15(14-11-9-8-10-12-14)16(22)21(19(5,6)7)17(23)20(13)18(2,3)4/h8-12H,1-7H3. The van der Waals surface area contributed by atoms with E-state index in [0.717, 1.165) is 5.56 Å². The molecule has 23 heavy (non-hydrogen) atoms. The van der Waals surface area contributed by atoms with Gasteiger partial charge in [0.05, 0.1) is 5.56 Å². The normalized spacial score (nSPS) is 12.5. The summed E-state index contributed by atoms with van der Waals surface area (Å²) in [4.78, 5) is 26.1. The van der Waals surface area contributed by atoms with E-state index in [1.807, 2.05) is 78.8 Å². The summed E-state index contributed by atoms with van der Waals surface area (Å²) in [6.45, 7) is 13.4. The smallest absolute Gasteiger partial charge is 0.292 e. The molecule has 1 aromatic heterocycles. The van der Waals surface area contributed by atoms with E-state index in [4.69, 9.17) is 0 Å². The summed E-state index contributed by atoms with van der Waals surface area (Å²) < 4.78 is 3.09. The van der Waals surface area contributed by atoms with Crippen LogP contribution in [0.4, 0.5) is 0 Å². The van der Waals surface area contributed by atoms with Crippen LogP contribution in [0.1, 0.15) is 47.2 Å². The molecule has 0 aliphatic carbocycles. The lowest BCUT2D eigenvalue weighted by molar-refractivity contribution is 0.307. The van der Waals surface area contributed by atoms with Crippen LogP contribution >= 0.6 is 0 Å². The van der Waals surface area contributed by atoms with Crippen molar-refractivity contribution in [1.29, 1.82) is 0 Å². The molecule has 0 spiro atoms. The minimum atomic E-state index is -0.585. The number of hydrogen-bond donors (Lipinski definition) is 0. The Balaban J connectivity index is 3.06. The Hall–Kier alpha value is -2.10. The summed E-state index contributed by atoms with van der Waals surface area (Å²) in [6, 6.07) is 9.55. The second-order valence-electron chi connectivity index (χ2n) is 7.93. The number of aromatic nitrogens is 2. The van der Waals surface area contributed by atoms with Crippen molar-refractivity contribution in [2.45, 2.75) is 59.5 Å². The van der Waals surface area contributed by atoms with E-state index in [9.17, 15) is 9.59 Å². The SMILES string of the molecule is Cc1c(-c2ccccc2)c(=O)n(C(C)(C)C)c(=O)n1C(C)(C)C. The largest absolute Gasteiger partial charge is 0.332 e. The van der Waals surface area contributed by atoms with Gasteiger partial charge >= 0.3 is 5.69 Å². The Morgan fingerprint density at radius 2 is 1.26 bits per heavy atom. The van der Waals surface area contributed by atoms with Crippen LogP contribution in [-0.2, 0) is 11.1 Å². The molecule has 0 aliphatic heterocycles. The van der Waals surface area contributed by atoms with Gasteiger partial charge in [-0.2, -0.15) is 0 Å². The van der Waals surface area contributed by atoms with Crippen molar-refractivity contribution in [1.82, 2.24) is 9.13 Å². The van der Waals surface area contributed by atoms with Crippen molar-refractivity contribution >= 4 is 0 Å². The fraction of sp³-hybridized carbons (Fsp3) is 0.474. The third-order valence-electron chi connectivity index (χ3n) is 3.90. The van der Waals surface area contributed by atoms with Crippen LogP contribution in [0, 0.1) is 6.92 Å². The molecule has 1 heterocycles. The molecule has 0 bridgehead atoms. The lowest BCUT2D eigenvalue weighted by atomic mass is 10.0. The van der Waals surface area contributed by atoms with Crippen LogP contribution in [0.15, 0.2) is 39.9 Å². The van der Waals surface area contributed by atoms with Crippen molar-refractivity contribution < 1.29 is 0 Å². The van der Waals surface area contributed by atoms with Gasteiger partial charge in [0.1, 0.15) is 0 Å². The van der Waals surface area contributed by atoms with Crippen molar-refractivity contribution in [3.63, 3.8) is 0 Å². The first-order valence-corrected chi connectivity index (χ1v) is 7.91. The van der Waals surface area contributed by atoms with Crippen molar-refractivity contribution in [3.8, 4) is 11.1 Å². The zero-order valence-electron chi connectivity index (χ0n) is 15.1. The second kappa shape index (κ2) is 5.52. The number of benzene rings is 1. The van der Waals surface area contributed by atoms with Crippen LogP contribution < -0.4 is 11.2 Å². The van der Waals surface area contributed by atoms with Crippen molar-refractivity contribution in [3.05, 3.63) is 56.9 Å². The summed E-state index contributed by atoms with van der Waals surface area (Å²) in [5.74, 6) is 0. The van der Waals surface area contributed by atoms with E-state index >= 15 is 0 Å². The quantitative estimate of drug-likeness (QED) is 0.808. The minimum Gasteiger partial charge on any atom is -0.292 e. The highest BCUT2D eigenvalue weighted by molar-refractivity contribution is 5.64. The molecule has 0 fully saturated rings. The molecule has 0 unspecified atom stereocenters. The summed E-state index contributed by atoms with van der Waals surface area (Å²) >= 11 is 0. The maximum Gasteiger partial charge on any atom is 0.332 e. The molecule has 0 saturated heterocycles. The first kappa shape index (κ1) is 17.3. The first-order chi connectivity index (χ1) is 10.5. The maximum absolute atomic E-state index is 13.1. The molecular formula is C19H26N2O2. The topological polar surface area (TPSA) is 44.0 Å². The summed E-state index contributed by atoms with van der Waals surface area (Å²) in [5.41, 5.74) is 0.656. The predicted octanol–water partition coefficient (Wildman–Crippen LogP) is 3.50. The molecule has 0 aliphatic rings. The molecule has 2 rings (SSSR count). The zero-order chi connectivity index (χ0) is 17.6. The van der Waals surface area contributed by atoms with Crippen LogP contribution in [0.5, 0.6) is 0 Å². The maximum atomic E-state index is 13.1. The molecule has 4 nitrogen and oxygen atoms in total. The Kier molecular flexibility index (Phi) is 4.14.